The molecule has 2 aliphatic rings. The first-order valence-electron chi connectivity index (χ1n) is 6.10. The van der Waals surface area contributed by atoms with Gasteiger partial charge in [-0.15, -0.1) is 0 Å². The molecule has 2 heterocycles. The number of rotatable bonds is 2. The third-order valence-electron chi connectivity index (χ3n) is 4.11. The first-order valence-corrected chi connectivity index (χ1v) is 7.92. The van der Waals surface area contributed by atoms with Crippen LogP contribution in [0.5, 0.6) is 0 Å². The minimum atomic E-state index is -2.84. The zero-order valence-electron chi connectivity index (χ0n) is 10.0. The molecule has 0 amide bonds. The summed E-state index contributed by atoms with van der Waals surface area (Å²) in [7, 11) is -2.84. The molecular weight excluding hydrogens is 242 g/mol. The summed E-state index contributed by atoms with van der Waals surface area (Å²) in [4.78, 5) is 13.2. The number of carboxylic acid groups (broad SMARTS) is 1. The molecule has 0 aliphatic carbocycles. The van der Waals surface area contributed by atoms with Crippen LogP contribution in [-0.2, 0) is 14.6 Å². The fourth-order valence-corrected chi connectivity index (χ4v) is 4.48. The van der Waals surface area contributed by atoms with Gasteiger partial charge in [-0.1, -0.05) is 0 Å². The molecule has 17 heavy (non-hydrogen) atoms. The van der Waals surface area contributed by atoms with Crippen LogP contribution in [0.15, 0.2) is 0 Å². The minimum Gasteiger partial charge on any atom is -0.481 e. The van der Waals surface area contributed by atoms with Gasteiger partial charge in [-0.3, -0.25) is 9.69 Å². The van der Waals surface area contributed by atoms with E-state index in [-0.39, 0.29) is 29.5 Å². The molecule has 98 valence electrons. The molecule has 2 aliphatic heterocycles. The molecular formula is C11H19NO4S. The van der Waals surface area contributed by atoms with Crippen molar-refractivity contribution in [3.8, 4) is 0 Å². The van der Waals surface area contributed by atoms with E-state index in [4.69, 9.17) is 5.11 Å². The van der Waals surface area contributed by atoms with Crippen molar-refractivity contribution in [2.75, 3.05) is 18.1 Å². The maximum Gasteiger partial charge on any atom is 0.308 e. The molecule has 0 spiro atoms. The molecule has 6 heteroatoms. The molecule has 0 radical (unpaired) electrons. The number of hydrogen-bond donors (Lipinski definition) is 1. The van der Waals surface area contributed by atoms with Gasteiger partial charge in [0.05, 0.1) is 17.4 Å². The minimum absolute atomic E-state index is 0.0262. The summed E-state index contributed by atoms with van der Waals surface area (Å²) in [5.74, 6) is -0.533. The average Bonchev–Trinajstić information content (AvgIpc) is 2.60. The zero-order chi connectivity index (χ0) is 12.6. The Labute approximate surface area is 102 Å². The molecule has 5 nitrogen and oxygen atoms in total. The molecule has 0 bridgehead atoms. The van der Waals surface area contributed by atoms with Gasteiger partial charge in [0.25, 0.3) is 0 Å². The molecule has 2 saturated heterocycles. The van der Waals surface area contributed by atoms with Gasteiger partial charge in [0.2, 0.25) is 0 Å². The van der Waals surface area contributed by atoms with Crippen LogP contribution in [0.2, 0.25) is 0 Å². The maximum atomic E-state index is 11.4. The molecule has 0 aromatic heterocycles. The van der Waals surface area contributed by atoms with Gasteiger partial charge < -0.3 is 5.11 Å². The van der Waals surface area contributed by atoms with Gasteiger partial charge in [0.1, 0.15) is 9.84 Å². The Morgan fingerprint density at radius 2 is 1.82 bits per heavy atom. The lowest BCUT2D eigenvalue weighted by atomic mass is 10.0. The van der Waals surface area contributed by atoms with Gasteiger partial charge >= 0.3 is 5.97 Å². The lowest BCUT2D eigenvalue weighted by molar-refractivity contribution is -0.142. The van der Waals surface area contributed by atoms with Gasteiger partial charge in [0, 0.05) is 12.1 Å². The second-order valence-electron chi connectivity index (χ2n) is 5.09. The topological polar surface area (TPSA) is 74.7 Å². The van der Waals surface area contributed by atoms with E-state index in [9.17, 15) is 13.2 Å². The van der Waals surface area contributed by atoms with Crippen LogP contribution in [0.1, 0.15) is 26.2 Å². The Hall–Kier alpha value is -0.620. The van der Waals surface area contributed by atoms with E-state index in [0.717, 1.165) is 6.54 Å². The van der Waals surface area contributed by atoms with Crippen LogP contribution in [0.4, 0.5) is 0 Å². The van der Waals surface area contributed by atoms with Crippen molar-refractivity contribution >= 4 is 15.8 Å². The monoisotopic (exact) mass is 261 g/mol. The van der Waals surface area contributed by atoms with E-state index in [1.807, 2.05) is 6.92 Å². The average molecular weight is 261 g/mol. The lowest BCUT2D eigenvalue weighted by Gasteiger charge is -2.34. The number of sulfone groups is 1. The van der Waals surface area contributed by atoms with Gasteiger partial charge in [-0.25, -0.2) is 8.42 Å². The highest BCUT2D eigenvalue weighted by atomic mass is 32.2. The van der Waals surface area contributed by atoms with Gasteiger partial charge in [0.15, 0.2) is 0 Å². The van der Waals surface area contributed by atoms with Crippen LogP contribution < -0.4 is 0 Å². The van der Waals surface area contributed by atoms with E-state index >= 15 is 0 Å². The third-order valence-corrected chi connectivity index (χ3v) is 5.83. The number of hydrogen-bond acceptors (Lipinski definition) is 4. The number of nitrogens with zero attached hydrogens (tertiary/aromatic N) is 1. The van der Waals surface area contributed by atoms with Crippen LogP contribution >= 0.6 is 0 Å². The van der Waals surface area contributed by atoms with Gasteiger partial charge in [-0.2, -0.15) is 0 Å². The molecule has 2 fully saturated rings. The van der Waals surface area contributed by atoms with Crippen LogP contribution in [0.25, 0.3) is 0 Å². The number of aliphatic carboxylic acids is 1. The van der Waals surface area contributed by atoms with Crippen molar-refractivity contribution < 1.29 is 18.3 Å². The summed E-state index contributed by atoms with van der Waals surface area (Å²) in [6, 6.07) is 0.274. The molecule has 1 N–H and O–H groups in total. The van der Waals surface area contributed by atoms with E-state index in [0.29, 0.717) is 19.3 Å². The third kappa shape index (κ3) is 2.63. The fraction of sp³-hybridized carbons (Fsp3) is 0.909. The second kappa shape index (κ2) is 4.57. The summed E-state index contributed by atoms with van der Waals surface area (Å²) in [5.41, 5.74) is 0. The Bertz CT molecular complexity index is 392. The lowest BCUT2D eigenvalue weighted by Crippen LogP contribution is -2.44. The summed E-state index contributed by atoms with van der Waals surface area (Å²) in [6.45, 7) is 2.72. The number of carbonyl (C=O) groups is 1. The van der Waals surface area contributed by atoms with Crippen LogP contribution in [-0.4, -0.2) is 54.5 Å². The van der Waals surface area contributed by atoms with Crippen molar-refractivity contribution in [2.24, 2.45) is 5.92 Å². The molecule has 2 rings (SSSR count). The Morgan fingerprint density at radius 1 is 1.24 bits per heavy atom. The second-order valence-corrected chi connectivity index (χ2v) is 7.40. The van der Waals surface area contributed by atoms with Crippen molar-refractivity contribution in [3.05, 3.63) is 0 Å². The first-order chi connectivity index (χ1) is 7.91. The summed E-state index contributed by atoms with van der Waals surface area (Å²) in [5, 5.41) is 9.06. The summed E-state index contributed by atoms with van der Waals surface area (Å²) in [6.07, 6.45) is 1.98. The normalized spacial score (nSPS) is 34.9. The smallest absolute Gasteiger partial charge is 0.308 e. The van der Waals surface area contributed by atoms with Crippen LogP contribution in [0.3, 0.4) is 0 Å². The van der Waals surface area contributed by atoms with Crippen molar-refractivity contribution in [1.29, 1.82) is 0 Å². The SMILES string of the molecule is CC1C(C(=O)O)CCN1C1CCS(=O)(=O)CC1. The van der Waals surface area contributed by atoms with E-state index in [2.05, 4.69) is 4.90 Å². The highest BCUT2D eigenvalue weighted by molar-refractivity contribution is 7.91. The largest absolute Gasteiger partial charge is 0.481 e. The maximum absolute atomic E-state index is 11.4. The van der Waals surface area contributed by atoms with Crippen molar-refractivity contribution in [3.63, 3.8) is 0 Å². The Kier molecular flexibility index (Phi) is 3.45. The molecule has 0 saturated carbocycles. The predicted molar refractivity (Wildman–Crippen MR) is 63.6 cm³/mol. The predicted octanol–water partition coefficient (Wildman–Crippen LogP) is 0.359. The van der Waals surface area contributed by atoms with E-state index < -0.39 is 15.8 Å². The standard InChI is InChI=1S/C11H19NO4S/c1-8-10(11(13)14)2-5-12(8)9-3-6-17(15,16)7-4-9/h8-10H,2-7H2,1H3,(H,13,14). The Morgan fingerprint density at radius 3 is 2.29 bits per heavy atom. The quantitative estimate of drug-likeness (QED) is 0.777. The van der Waals surface area contributed by atoms with Crippen molar-refractivity contribution in [2.45, 2.75) is 38.3 Å². The Balaban J connectivity index is 1.99. The molecule has 2 atom stereocenters. The zero-order valence-corrected chi connectivity index (χ0v) is 10.8. The van der Waals surface area contributed by atoms with Crippen LogP contribution in [0, 0.1) is 5.92 Å². The van der Waals surface area contributed by atoms with E-state index in [1.165, 1.54) is 0 Å². The van der Waals surface area contributed by atoms with Gasteiger partial charge in [-0.05, 0) is 32.7 Å². The first kappa shape index (κ1) is 12.8. The number of likely N-dealkylation sites (tertiary alicyclic amines) is 1. The summed E-state index contributed by atoms with van der Waals surface area (Å²) < 4.78 is 22.7. The van der Waals surface area contributed by atoms with E-state index in [1.54, 1.807) is 0 Å². The fourth-order valence-electron chi connectivity index (χ4n) is 3.02. The summed E-state index contributed by atoms with van der Waals surface area (Å²) >= 11 is 0. The molecule has 0 aromatic rings. The highest BCUT2D eigenvalue weighted by Crippen LogP contribution is 2.30. The molecule has 2 unspecified atom stereocenters. The van der Waals surface area contributed by atoms with Crippen molar-refractivity contribution in [1.82, 2.24) is 4.90 Å². The number of carboxylic acids is 1. The molecule has 0 aromatic carbocycles. The highest BCUT2D eigenvalue weighted by Gasteiger charge is 2.40.